The number of ether oxygens (including phenoxy) is 2. The molecule has 0 bridgehead atoms. The van der Waals surface area contributed by atoms with E-state index >= 15 is 0 Å². The molecule has 0 spiro atoms. The van der Waals surface area contributed by atoms with Crippen LogP contribution in [0.1, 0.15) is 50.7 Å². The minimum absolute atomic E-state index is 0.124. The topological polar surface area (TPSA) is 112 Å². The first-order chi connectivity index (χ1) is 14.7. The molecule has 2 aromatic rings. The first-order valence-electron chi connectivity index (χ1n) is 10.4. The van der Waals surface area contributed by atoms with Gasteiger partial charge in [0.2, 0.25) is 5.89 Å². The molecule has 0 atom stereocenters. The van der Waals surface area contributed by atoms with Gasteiger partial charge in [-0.25, -0.2) is 13.2 Å². The molecule has 9 nitrogen and oxygen atoms in total. The Balaban J connectivity index is 1.40. The number of nitrogens with zero attached hydrogens (tertiary/aromatic N) is 3. The van der Waals surface area contributed by atoms with Gasteiger partial charge in [0.05, 0.1) is 17.6 Å². The molecule has 2 heterocycles. The Kier molecular flexibility index (Phi) is 7.53. The number of amides is 1. The van der Waals surface area contributed by atoms with Crippen LogP contribution in [0.2, 0.25) is 0 Å². The predicted octanol–water partition coefficient (Wildman–Crippen LogP) is 3.21. The molecular weight excluding hydrogens is 422 g/mol. The highest BCUT2D eigenvalue weighted by molar-refractivity contribution is 7.90. The summed E-state index contributed by atoms with van der Waals surface area (Å²) in [7, 11) is -3.21. The van der Waals surface area contributed by atoms with E-state index in [1.807, 2.05) is 13.8 Å². The Labute approximate surface area is 182 Å². The van der Waals surface area contributed by atoms with Gasteiger partial charge in [-0.15, -0.1) is 0 Å². The van der Waals surface area contributed by atoms with Crippen molar-refractivity contribution in [2.45, 2.75) is 56.4 Å². The summed E-state index contributed by atoms with van der Waals surface area (Å²) < 4.78 is 39.2. The van der Waals surface area contributed by atoms with Gasteiger partial charge in [0.15, 0.2) is 15.7 Å². The maximum atomic E-state index is 12.0. The smallest absolute Gasteiger partial charge is 0.410 e. The predicted molar refractivity (Wildman–Crippen MR) is 113 cm³/mol. The largest absolute Gasteiger partial charge is 0.494 e. The zero-order chi connectivity index (χ0) is 22.4. The zero-order valence-corrected chi connectivity index (χ0v) is 18.9. The monoisotopic (exact) mass is 451 g/mol. The molecule has 0 radical (unpaired) electrons. The highest BCUT2D eigenvalue weighted by atomic mass is 32.2. The SMILES string of the molecule is CC(C)OC(=O)N1CCC(c2noc(CCCOc3ccc(S(C)(=O)=O)cc3)n2)CC1. The fraction of sp³-hybridized carbons (Fsp3) is 0.571. The molecule has 0 saturated carbocycles. The number of carbonyl (C=O) groups excluding carboxylic acids is 1. The number of benzene rings is 1. The molecule has 10 heteroatoms. The molecule has 1 aliphatic rings. The van der Waals surface area contributed by atoms with E-state index < -0.39 is 9.84 Å². The number of aryl methyl sites for hydroxylation is 1. The van der Waals surface area contributed by atoms with Crippen LogP contribution in [0.15, 0.2) is 33.7 Å². The molecule has 170 valence electrons. The number of sulfone groups is 1. The van der Waals surface area contributed by atoms with E-state index in [9.17, 15) is 13.2 Å². The van der Waals surface area contributed by atoms with Gasteiger partial charge in [-0.2, -0.15) is 4.98 Å². The Morgan fingerprint density at radius 3 is 2.52 bits per heavy atom. The lowest BCUT2D eigenvalue weighted by molar-refractivity contribution is 0.0688. The number of carbonyl (C=O) groups is 1. The van der Waals surface area contributed by atoms with Gasteiger partial charge in [-0.05, 0) is 57.4 Å². The standard InChI is InChI=1S/C21H29N3O6S/c1-15(2)29-21(25)24-12-10-16(11-13-24)20-22-19(30-23-20)5-4-14-28-17-6-8-18(9-7-17)31(3,26)27/h6-9,15-16H,4-5,10-14H2,1-3H3. The number of likely N-dealkylation sites (tertiary alicyclic amines) is 1. The van der Waals surface area contributed by atoms with E-state index in [-0.39, 0.29) is 23.0 Å². The van der Waals surface area contributed by atoms with Crippen LogP contribution < -0.4 is 4.74 Å². The van der Waals surface area contributed by atoms with E-state index in [0.717, 1.165) is 12.8 Å². The second kappa shape index (κ2) is 10.1. The third-order valence-corrected chi connectivity index (χ3v) is 6.12. The summed E-state index contributed by atoms with van der Waals surface area (Å²) in [5.41, 5.74) is 0. The molecule has 0 aliphatic carbocycles. The van der Waals surface area contributed by atoms with Gasteiger partial charge in [0.1, 0.15) is 5.75 Å². The fourth-order valence-electron chi connectivity index (χ4n) is 3.33. The summed E-state index contributed by atoms with van der Waals surface area (Å²) in [6.45, 7) is 5.36. The maximum Gasteiger partial charge on any atom is 0.410 e. The second-order valence-corrected chi connectivity index (χ2v) is 9.95. The summed E-state index contributed by atoms with van der Waals surface area (Å²) in [5.74, 6) is 2.03. The summed E-state index contributed by atoms with van der Waals surface area (Å²) in [4.78, 5) is 18.5. The van der Waals surface area contributed by atoms with Gasteiger partial charge in [-0.1, -0.05) is 5.16 Å². The number of hydrogen-bond acceptors (Lipinski definition) is 8. The molecule has 1 aliphatic heterocycles. The Hall–Kier alpha value is -2.62. The van der Waals surface area contributed by atoms with Crippen LogP contribution in [0.25, 0.3) is 0 Å². The first-order valence-corrected chi connectivity index (χ1v) is 12.3. The average molecular weight is 452 g/mol. The van der Waals surface area contributed by atoms with Crippen molar-refractivity contribution in [1.29, 1.82) is 0 Å². The Morgan fingerprint density at radius 1 is 1.23 bits per heavy atom. The Bertz CT molecular complexity index is 963. The molecule has 1 aromatic carbocycles. The number of aromatic nitrogens is 2. The van der Waals surface area contributed by atoms with Crippen molar-refractivity contribution in [3.63, 3.8) is 0 Å². The van der Waals surface area contributed by atoms with Crippen molar-refractivity contribution in [2.24, 2.45) is 0 Å². The van der Waals surface area contributed by atoms with E-state index in [2.05, 4.69) is 10.1 Å². The molecule has 0 unspecified atom stereocenters. The highest BCUT2D eigenvalue weighted by Gasteiger charge is 2.28. The van der Waals surface area contributed by atoms with E-state index in [0.29, 0.717) is 50.0 Å². The second-order valence-electron chi connectivity index (χ2n) is 7.94. The summed E-state index contributed by atoms with van der Waals surface area (Å²) in [6, 6.07) is 6.35. The molecule has 3 rings (SSSR count). The van der Waals surface area contributed by atoms with Crippen molar-refractivity contribution in [3.05, 3.63) is 36.0 Å². The van der Waals surface area contributed by atoms with Crippen LogP contribution in [0.5, 0.6) is 5.75 Å². The van der Waals surface area contributed by atoms with Crippen molar-refractivity contribution in [3.8, 4) is 5.75 Å². The third kappa shape index (κ3) is 6.68. The maximum absolute atomic E-state index is 12.0. The van der Waals surface area contributed by atoms with Crippen LogP contribution in [0, 0.1) is 0 Å². The number of rotatable bonds is 8. The van der Waals surface area contributed by atoms with Crippen molar-refractivity contribution in [1.82, 2.24) is 15.0 Å². The van der Waals surface area contributed by atoms with Crippen LogP contribution in [-0.4, -0.2) is 61.6 Å². The molecule has 0 N–H and O–H groups in total. The minimum atomic E-state index is -3.21. The fourth-order valence-corrected chi connectivity index (χ4v) is 3.96. The molecular formula is C21H29N3O6S. The number of piperidine rings is 1. The van der Waals surface area contributed by atoms with Crippen LogP contribution >= 0.6 is 0 Å². The molecule has 1 saturated heterocycles. The Morgan fingerprint density at radius 2 is 1.90 bits per heavy atom. The number of hydrogen-bond donors (Lipinski definition) is 0. The normalized spacial score (nSPS) is 15.3. The summed E-state index contributed by atoms with van der Waals surface area (Å²) in [6.07, 6.45) is 3.61. The molecule has 1 aromatic heterocycles. The first kappa shape index (κ1) is 23.1. The van der Waals surface area contributed by atoms with E-state index in [4.69, 9.17) is 14.0 Å². The lowest BCUT2D eigenvalue weighted by Gasteiger charge is -2.30. The van der Waals surface area contributed by atoms with Crippen LogP contribution in [0.4, 0.5) is 4.79 Å². The zero-order valence-electron chi connectivity index (χ0n) is 18.1. The van der Waals surface area contributed by atoms with Gasteiger partial charge < -0.3 is 18.9 Å². The van der Waals surface area contributed by atoms with Crippen LogP contribution in [0.3, 0.4) is 0 Å². The quantitative estimate of drug-likeness (QED) is 0.563. The van der Waals surface area contributed by atoms with Crippen molar-refractivity contribution < 1.29 is 27.2 Å². The van der Waals surface area contributed by atoms with Crippen molar-refractivity contribution in [2.75, 3.05) is 26.0 Å². The summed E-state index contributed by atoms with van der Waals surface area (Å²) >= 11 is 0. The third-order valence-electron chi connectivity index (χ3n) is 4.99. The molecule has 1 amide bonds. The lowest BCUT2D eigenvalue weighted by Crippen LogP contribution is -2.39. The van der Waals surface area contributed by atoms with E-state index in [1.54, 1.807) is 17.0 Å². The van der Waals surface area contributed by atoms with Gasteiger partial charge in [-0.3, -0.25) is 0 Å². The molecule has 1 fully saturated rings. The van der Waals surface area contributed by atoms with Gasteiger partial charge >= 0.3 is 6.09 Å². The van der Waals surface area contributed by atoms with Gasteiger partial charge in [0, 0.05) is 31.7 Å². The minimum Gasteiger partial charge on any atom is -0.494 e. The highest BCUT2D eigenvalue weighted by Crippen LogP contribution is 2.26. The lowest BCUT2D eigenvalue weighted by atomic mass is 9.96. The average Bonchev–Trinajstić information content (AvgIpc) is 3.19. The molecule has 31 heavy (non-hydrogen) atoms. The van der Waals surface area contributed by atoms with Crippen LogP contribution in [-0.2, 0) is 21.0 Å². The van der Waals surface area contributed by atoms with Crippen molar-refractivity contribution >= 4 is 15.9 Å². The van der Waals surface area contributed by atoms with E-state index in [1.165, 1.54) is 18.4 Å². The van der Waals surface area contributed by atoms with Gasteiger partial charge in [0.25, 0.3) is 0 Å². The summed E-state index contributed by atoms with van der Waals surface area (Å²) in [5, 5.41) is 4.11.